The van der Waals surface area contributed by atoms with Crippen molar-refractivity contribution in [2.24, 2.45) is 38.9 Å². The number of carbonyl (C=O) groups is 6. The summed E-state index contributed by atoms with van der Waals surface area (Å²) in [6.07, 6.45) is 7.32. The van der Waals surface area contributed by atoms with E-state index < -0.39 is 28.4 Å². The molecule has 4 aliphatic rings. The number of esters is 1. The van der Waals surface area contributed by atoms with Crippen molar-refractivity contribution in [3.8, 4) is 0 Å². The molecular formula is C62H114N4O12. The van der Waals surface area contributed by atoms with Crippen molar-refractivity contribution in [3.05, 3.63) is 0 Å². The van der Waals surface area contributed by atoms with Crippen LogP contribution in [0.25, 0.3) is 0 Å². The van der Waals surface area contributed by atoms with Crippen molar-refractivity contribution in [2.45, 2.75) is 268 Å². The molecule has 0 aromatic heterocycles. The van der Waals surface area contributed by atoms with E-state index in [1.807, 2.05) is 48.5 Å². The molecule has 0 aliphatic carbocycles. The summed E-state index contributed by atoms with van der Waals surface area (Å²) < 4.78 is 5.71. The number of hydrogen-bond donors (Lipinski definition) is 6. The van der Waals surface area contributed by atoms with E-state index >= 15 is 0 Å². The number of ketones is 3. The van der Waals surface area contributed by atoms with Gasteiger partial charge in [0.25, 0.3) is 0 Å². The molecule has 4 heterocycles. The number of aliphatic hydroxyl groups excluding tert-OH is 3. The number of nitrogens with one attached hydrogen (secondary N) is 1. The summed E-state index contributed by atoms with van der Waals surface area (Å²) in [6.45, 7) is 45.8. The molecule has 4 saturated heterocycles. The lowest BCUT2D eigenvalue weighted by molar-refractivity contribution is -0.175. The van der Waals surface area contributed by atoms with E-state index in [1.54, 1.807) is 0 Å². The highest BCUT2D eigenvalue weighted by Gasteiger charge is 2.54. The maximum absolute atomic E-state index is 13.9. The van der Waals surface area contributed by atoms with Gasteiger partial charge >= 0.3 is 17.9 Å². The number of carbonyl (C=O) groups excluding carboxylic acids is 4. The molecule has 0 radical (unpaired) electrons. The third kappa shape index (κ3) is 18.3. The third-order valence-corrected chi connectivity index (χ3v) is 21.0. The highest BCUT2D eigenvalue weighted by molar-refractivity contribution is 5.92. The summed E-state index contributed by atoms with van der Waals surface area (Å²) in [5, 5.41) is 51.7. The van der Waals surface area contributed by atoms with Crippen LogP contribution >= 0.6 is 0 Å². The van der Waals surface area contributed by atoms with Gasteiger partial charge in [0, 0.05) is 103 Å². The van der Waals surface area contributed by atoms with Gasteiger partial charge in [0.15, 0.2) is 0 Å². The van der Waals surface area contributed by atoms with Crippen LogP contribution in [0.5, 0.6) is 0 Å². The van der Waals surface area contributed by atoms with Crippen LogP contribution in [0.4, 0.5) is 0 Å². The first-order valence-corrected chi connectivity index (χ1v) is 29.7. The van der Waals surface area contributed by atoms with Crippen LogP contribution in [-0.4, -0.2) is 168 Å². The highest BCUT2D eigenvalue weighted by Crippen LogP contribution is 2.48. The molecule has 6 N–H and O–H groups in total. The SMILES string of the molecule is CC(C)(C)OC(=O)C(C)(C)C(C)(C)C(=O)CC(CN1CCC(O)C(C)(C)C1(C)C)C1CCNCC1.CC1(C)C(O)CCN(CCCC(=O)CCC(=O)O)C1(C)C.CC1(C)C(O)CCN(CCCC(=O)CCCC(=O)O)C1(C)C. The number of piperidine rings is 4. The van der Waals surface area contributed by atoms with Crippen molar-refractivity contribution in [3.63, 3.8) is 0 Å². The number of ether oxygens (including phenoxy) is 1. The molecule has 0 aromatic rings. The fourth-order valence-corrected chi connectivity index (χ4v) is 11.7. The minimum atomic E-state index is -0.938. The zero-order chi connectivity index (χ0) is 60.3. The minimum Gasteiger partial charge on any atom is -0.481 e. The first-order chi connectivity index (χ1) is 35.4. The molecule has 4 fully saturated rings. The van der Waals surface area contributed by atoms with Crippen molar-refractivity contribution in [1.29, 1.82) is 0 Å². The van der Waals surface area contributed by atoms with Crippen molar-refractivity contribution in [1.82, 2.24) is 20.0 Å². The van der Waals surface area contributed by atoms with Gasteiger partial charge in [-0.2, -0.15) is 0 Å². The minimum absolute atomic E-state index is 0.0199. The standard InChI is InChI=1S/C29H54N2O4.C17H31NO4.C16H29NO4/c1-25(2,3)35-24(34)28(8,9)26(4,5)23(33)18-21(20-12-15-30-16-13-20)19-31-17-14-22(32)27(6,7)29(31,10)11;1-16(2)14(20)10-12-18(17(16,3)4)11-6-8-13(19)7-5-9-15(21)22;1-15(2)13(19)9-11-17(16(15,3)4)10-5-6-12(18)7-8-14(20)21/h20-22,30,32H,12-19H2,1-11H3;14,20H,5-12H2,1-4H3,(H,21,22);13,19H,5-11H2,1-4H3,(H,20,21). The fraction of sp³-hybridized carbons (Fsp3) is 0.903. The lowest BCUT2D eigenvalue weighted by Crippen LogP contribution is -2.64. The summed E-state index contributed by atoms with van der Waals surface area (Å²) >= 11 is 0. The second-order valence-corrected chi connectivity index (χ2v) is 28.8. The lowest BCUT2D eigenvalue weighted by Gasteiger charge is -2.57. The van der Waals surface area contributed by atoms with Crippen LogP contribution in [0.15, 0.2) is 0 Å². The molecule has 454 valence electrons. The molecule has 4 unspecified atom stereocenters. The first-order valence-electron chi connectivity index (χ1n) is 29.7. The Bertz CT molecular complexity index is 1980. The Kier molecular flexibility index (Phi) is 26.0. The summed E-state index contributed by atoms with van der Waals surface area (Å²) in [5.41, 5.74) is -3.44. The fourth-order valence-electron chi connectivity index (χ4n) is 11.7. The largest absolute Gasteiger partial charge is 0.481 e. The number of aliphatic carboxylic acids is 2. The number of rotatable bonds is 23. The van der Waals surface area contributed by atoms with Gasteiger partial charge in [-0.1, -0.05) is 55.4 Å². The van der Waals surface area contributed by atoms with Gasteiger partial charge in [-0.25, -0.2) is 0 Å². The summed E-state index contributed by atoms with van der Waals surface area (Å²) in [4.78, 5) is 78.5. The third-order valence-electron chi connectivity index (χ3n) is 21.0. The first kappa shape index (κ1) is 71.2. The van der Waals surface area contributed by atoms with Crippen molar-refractivity contribution in [2.75, 3.05) is 52.4 Å². The van der Waals surface area contributed by atoms with Gasteiger partial charge in [-0.3, -0.25) is 43.5 Å². The van der Waals surface area contributed by atoms with Gasteiger partial charge in [0.2, 0.25) is 0 Å². The Morgan fingerprint density at radius 1 is 0.513 bits per heavy atom. The number of nitrogens with zero attached hydrogens (tertiary/aromatic N) is 3. The predicted molar refractivity (Wildman–Crippen MR) is 309 cm³/mol. The molecule has 0 aromatic carbocycles. The number of carboxylic acids is 2. The van der Waals surface area contributed by atoms with E-state index in [0.717, 1.165) is 97.3 Å². The van der Waals surface area contributed by atoms with E-state index in [1.165, 1.54) is 0 Å². The van der Waals surface area contributed by atoms with Crippen LogP contribution < -0.4 is 5.32 Å². The van der Waals surface area contributed by atoms with Gasteiger partial charge in [0.05, 0.1) is 30.1 Å². The molecule has 0 bridgehead atoms. The smallest absolute Gasteiger partial charge is 0.313 e. The highest BCUT2D eigenvalue weighted by atomic mass is 16.6. The number of carboxylic acid groups (broad SMARTS) is 2. The van der Waals surface area contributed by atoms with E-state index in [-0.39, 0.29) is 99.7 Å². The number of aliphatic hydroxyl groups is 3. The van der Waals surface area contributed by atoms with E-state index in [4.69, 9.17) is 14.9 Å². The molecular weight excluding hydrogens is 993 g/mol. The van der Waals surface area contributed by atoms with Crippen LogP contribution in [-0.2, 0) is 33.5 Å². The monoisotopic (exact) mass is 1110 g/mol. The molecule has 0 saturated carbocycles. The Hall–Kier alpha value is -2.86. The van der Waals surface area contributed by atoms with Crippen molar-refractivity contribution < 1.29 is 59.0 Å². The lowest BCUT2D eigenvalue weighted by atomic mass is 9.62. The maximum Gasteiger partial charge on any atom is 0.313 e. The Labute approximate surface area is 472 Å². The molecule has 4 rings (SSSR count). The van der Waals surface area contributed by atoms with E-state index in [2.05, 4.69) is 103 Å². The summed E-state index contributed by atoms with van der Waals surface area (Å²) in [6, 6.07) is 0. The summed E-state index contributed by atoms with van der Waals surface area (Å²) in [5.74, 6) is -1.11. The van der Waals surface area contributed by atoms with E-state index in [9.17, 15) is 44.1 Å². The average molecular weight is 1110 g/mol. The molecule has 4 atom stereocenters. The Morgan fingerprint density at radius 3 is 1.28 bits per heavy atom. The quantitative estimate of drug-likeness (QED) is 0.0523. The van der Waals surface area contributed by atoms with Crippen LogP contribution in [0.3, 0.4) is 0 Å². The molecule has 16 nitrogen and oxygen atoms in total. The summed E-state index contributed by atoms with van der Waals surface area (Å²) in [7, 11) is 0. The van der Waals surface area contributed by atoms with Gasteiger partial charge in [-0.15, -0.1) is 0 Å². The molecule has 78 heavy (non-hydrogen) atoms. The number of hydrogen-bond acceptors (Lipinski definition) is 14. The van der Waals surface area contributed by atoms with Crippen LogP contribution in [0.2, 0.25) is 0 Å². The van der Waals surface area contributed by atoms with Gasteiger partial charge in [-0.05, 0) is 166 Å². The van der Waals surface area contributed by atoms with Crippen LogP contribution in [0, 0.1) is 38.9 Å². The van der Waals surface area contributed by atoms with Gasteiger partial charge < -0.3 is 35.6 Å². The van der Waals surface area contributed by atoms with Crippen LogP contribution in [0.1, 0.15) is 228 Å². The number of likely N-dealkylation sites (tertiary alicyclic amines) is 3. The number of Topliss-reactive ketones (excluding diaryl/α,β-unsaturated/α-hetero) is 3. The molecule has 4 aliphatic heterocycles. The second kappa shape index (κ2) is 28.4. The normalized spacial score (nSPS) is 24.8. The predicted octanol–water partition coefficient (Wildman–Crippen LogP) is 9.36. The van der Waals surface area contributed by atoms with Crippen molar-refractivity contribution >= 4 is 35.3 Å². The molecule has 0 spiro atoms. The topological polar surface area (TPSA) is 235 Å². The molecule has 0 amide bonds. The maximum atomic E-state index is 13.9. The Balaban J connectivity index is 0.000000421. The zero-order valence-electron chi connectivity index (χ0n) is 52.6. The Morgan fingerprint density at radius 2 is 0.885 bits per heavy atom. The zero-order valence-corrected chi connectivity index (χ0v) is 52.6. The van der Waals surface area contributed by atoms with E-state index in [0.29, 0.717) is 38.0 Å². The average Bonchev–Trinajstić information content (AvgIpc) is 3.31. The van der Waals surface area contributed by atoms with Gasteiger partial charge in [0.1, 0.15) is 23.0 Å². The molecule has 16 heteroatoms. The second-order valence-electron chi connectivity index (χ2n) is 28.8.